The number of nitrogens with zero attached hydrogens (tertiary/aromatic N) is 3. The minimum absolute atomic E-state index is 0.333. The van der Waals surface area contributed by atoms with Crippen LogP contribution in [0.25, 0.3) is 0 Å². The summed E-state index contributed by atoms with van der Waals surface area (Å²) in [6.45, 7) is 6.04. The molecule has 0 unspecified atom stereocenters. The van der Waals surface area contributed by atoms with E-state index in [1.165, 1.54) is 11.3 Å². The Morgan fingerprint density at radius 2 is 2.21 bits per heavy atom. The van der Waals surface area contributed by atoms with Gasteiger partial charge in [-0.25, -0.2) is 9.78 Å². The zero-order chi connectivity index (χ0) is 13.8. The molecule has 8 heteroatoms. The van der Waals surface area contributed by atoms with Crippen molar-refractivity contribution in [2.75, 3.05) is 11.9 Å². The minimum atomic E-state index is -0.405. The number of anilines is 1. The third-order valence-corrected chi connectivity index (χ3v) is 3.15. The fourth-order valence-electron chi connectivity index (χ4n) is 1.42. The van der Waals surface area contributed by atoms with Crippen LogP contribution < -0.4 is 5.32 Å². The Balaban J connectivity index is 2.01. The molecule has 7 nitrogen and oxygen atoms in total. The Morgan fingerprint density at radius 3 is 2.84 bits per heavy atom. The van der Waals surface area contributed by atoms with Crippen LogP contribution in [0.4, 0.5) is 5.13 Å². The number of carbonyl (C=O) groups excluding carboxylic acids is 1. The Labute approximate surface area is 114 Å². The highest BCUT2D eigenvalue weighted by atomic mass is 32.1. The summed E-state index contributed by atoms with van der Waals surface area (Å²) >= 11 is 1.38. The molecule has 19 heavy (non-hydrogen) atoms. The van der Waals surface area contributed by atoms with Crippen molar-refractivity contribution in [2.24, 2.45) is 0 Å². The van der Waals surface area contributed by atoms with Crippen LogP contribution in [-0.2, 0) is 11.3 Å². The van der Waals surface area contributed by atoms with Gasteiger partial charge in [0.2, 0.25) is 5.89 Å². The van der Waals surface area contributed by atoms with Gasteiger partial charge in [-0.3, -0.25) is 0 Å². The van der Waals surface area contributed by atoms with Gasteiger partial charge in [-0.15, -0.1) is 11.3 Å². The Kier molecular flexibility index (Phi) is 4.10. The van der Waals surface area contributed by atoms with Crippen molar-refractivity contribution in [1.29, 1.82) is 0 Å². The number of thiazole rings is 1. The molecule has 0 amide bonds. The van der Waals surface area contributed by atoms with Crippen molar-refractivity contribution >= 4 is 22.4 Å². The largest absolute Gasteiger partial charge is 0.461 e. The number of nitrogens with one attached hydrogen (secondary N) is 1. The van der Waals surface area contributed by atoms with Gasteiger partial charge in [-0.2, -0.15) is 4.98 Å². The van der Waals surface area contributed by atoms with E-state index in [0.29, 0.717) is 35.7 Å². The first kappa shape index (κ1) is 13.5. The third-order valence-electron chi connectivity index (χ3n) is 2.23. The van der Waals surface area contributed by atoms with Crippen LogP contribution in [0.15, 0.2) is 4.52 Å². The van der Waals surface area contributed by atoms with E-state index in [1.807, 2.05) is 6.92 Å². The number of esters is 1. The summed E-state index contributed by atoms with van der Waals surface area (Å²) in [7, 11) is 0. The van der Waals surface area contributed by atoms with E-state index in [9.17, 15) is 4.79 Å². The van der Waals surface area contributed by atoms with Crippen LogP contribution in [0.3, 0.4) is 0 Å². The molecule has 2 heterocycles. The molecule has 0 spiro atoms. The fourth-order valence-corrected chi connectivity index (χ4v) is 2.22. The molecule has 1 N–H and O–H groups in total. The standard InChI is InChI=1S/C11H14N4O3S/c1-4-17-10(16)9-6(2)19-11(14-9)12-5-8-13-7(3)15-18-8/h4-5H2,1-3H3,(H,12,14). The number of ether oxygens (including phenoxy) is 1. The first-order valence-electron chi connectivity index (χ1n) is 5.77. The monoisotopic (exact) mass is 282 g/mol. The first-order valence-corrected chi connectivity index (χ1v) is 6.59. The maximum Gasteiger partial charge on any atom is 0.358 e. The van der Waals surface area contributed by atoms with Crippen LogP contribution in [0.5, 0.6) is 0 Å². The van der Waals surface area contributed by atoms with Crippen molar-refractivity contribution in [3.05, 3.63) is 22.3 Å². The number of hydrogen-bond acceptors (Lipinski definition) is 8. The highest BCUT2D eigenvalue weighted by Gasteiger charge is 2.16. The molecule has 2 rings (SSSR count). The lowest BCUT2D eigenvalue weighted by atomic mass is 10.4. The normalized spacial score (nSPS) is 10.5. The van der Waals surface area contributed by atoms with Gasteiger partial charge in [0.05, 0.1) is 13.2 Å². The van der Waals surface area contributed by atoms with Gasteiger partial charge in [0.1, 0.15) is 0 Å². The van der Waals surface area contributed by atoms with E-state index in [-0.39, 0.29) is 0 Å². The quantitative estimate of drug-likeness (QED) is 0.838. The van der Waals surface area contributed by atoms with E-state index in [4.69, 9.17) is 9.26 Å². The lowest BCUT2D eigenvalue weighted by Crippen LogP contribution is -2.07. The van der Waals surface area contributed by atoms with Gasteiger partial charge in [0, 0.05) is 4.88 Å². The maximum absolute atomic E-state index is 11.6. The van der Waals surface area contributed by atoms with E-state index in [1.54, 1.807) is 13.8 Å². The Morgan fingerprint density at radius 1 is 1.42 bits per heavy atom. The van der Waals surface area contributed by atoms with E-state index < -0.39 is 5.97 Å². The van der Waals surface area contributed by atoms with Gasteiger partial charge < -0.3 is 14.6 Å². The molecule has 0 atom stereocenters. The molecule has 0 bridgehead atoms. The molecule has 0 fully saturated rings. The summed E-state index contributed by atoms with van der Waals surface area (Å²) in [5, 5.41) is 7.34. The van der Waals surface area contributed by atoms with Gasteiger partial charge in [-0.05, 0) is 20.8 Å². The Bertz CT molecular complexity index is 578. The van der Waals surface area contributed by atoms with E-state index >= 15 is 0 Å². The average molecular weight is 282 g/mol. The predicted octanol–water partition coefficient (Wildman–Crippen LogP) is 1.93. The SMILES string of the molecule is CCOC(=O)c1nc(NCc2nc(C)no2)sc1C. The topological polar surface area (TPSA) is 90.1 Å². The maximum atomic E-state index is 11.6. The molecule has 0 aliphatic heterocycles. The fraction of sp³-hybridized carbons (Fsp3) is 0.455. The molecule has 0 saturated heterocycles. The van der Waals surface area contributed by atoms with Crippen LogP contribution in [0.1, 0.15) is 34.0 Å². The van der Waals surface area contributed by atoms with Crippen molar-refractivity contribution in [3.8, 4) is 0 Å². The van der Waals surface area contributed by atoms with Gasteiger partial charge in [0.15, 0.2) is 16.6 Å². The van der Waals surface area contributed by atoms with Crippen LogP contribution in [0.2, 0.25) is 0 Å². The smallest absolute Gasteiger partial charge is 0.358 e. The molecule has 102 valence electrons. The second-order valence-electron chi connectivity index (χ2n) is 3.73. The molecule has 0 aromatic carbocycles. The van der Waals surface area contributed by atoms with Crippen molar-refractivity contribution in [1.82, 2.24) is 15.1 Å². The molecule has 0 aliphatic rings. The van der Waals surface area contributed by atoms with Crippen molar-refractivity contribution in [2.45, 2.75) is 27.3 Å². The molecular formula is C11H14N4O3S. The lowest BCUT2D eigenvalue weighted by Gasteiger charge is -1.98. The van der Waals surface area contributed by atoms with Crippen LogP contribution in [0, 0.1) is 13.8 Å². The number of hydrogen-bond donors (Lipinski definition) is 1. The summed E-state index contributed by atoms with van der Waals surface area (Å²) < 4.78 is 9.90. The summed E-state index contributed by atoms with van der Waals surface area (Å²) in [6, 6.07) is 0. The molecule has 0 aliphatic carbocycles. The zero-order valence-electron chi connectivity index (χ0n) is 10.9. The summed E-state index contributed by atoms with van der Waals surface area (Å²) in [5.41, 5.74) is 0.344. The minimum Gasteiger partial charge on any atom is -0.461 e. The molecule has 0 radical (unpaired) electrons. The lowest BCUT2D eigenvalue weighted by molar-refractivity contribution is 0.0519. The van der Waals surface area contributed by atoms with Gasteiger partial charge in [0.25, 0.3) is 0 Å². The Hall–Kier alpha value is -1.96. The number of carbonyl (C=O) groups is 1. The van der Waals surface area contributed by atoms with Crippen molar-refractivity contribution in [3.63, 3.8) is 0 Å². The average Bonchev–Trinajstić information content (AvgIpc) is 2.93. The highest BCUT2D eigenvalue weighted by molar-refractivity contribution is 7.15. The van der Waals surface area contributed by atoms with E-state index in [0.717, 1.165) is 4.88 Å². The summed E-state index contributed by atoms with van der Waals surface area (Å²) in [6.07, 6.45) is 0. The van der Waals surface area contributed by atoms with Crippen LogP contribution >= 0.6 is 11.3 Å². The van der Waals surface area contributed by atoms with Gasteiger partial charge in [-0.1, -0.05) is 5.16 Å². The number of aromatic nitrogens is 3. The molecule has 2 aromatic rings. The molecular weight excluding hydrogens is 268 g/mol. The first-order chi connectivity index (χ1) is 9.10. The number of aryl methyl sites for hydroxylation is 2. The van der Waals surface area contributed by atoms with Crippen LogP contribution in [-0.4, -0.2) is 27.7 Å². The second-order valence-corrected chi connectivity index (χ2v) is 4.94. The summed E-state index contributed by atoms with van der Waals surface area (Å²) in [4.78, 5) is 20.7. The second kappa shape index (κ2) is 5.79. The molecule has 2 aromatic heterocycles. The predicted molar refractivity (Wildman–Crippen MR) is 69.2 cm³/mol. The summed E-state index contributed by atoms with van der Waals surface area (Å²) in [5.74, 6) is 0.653. The highest BCUT2D eigenvalue weighted by Crippen LogP contribution is 2.23. The number of rotatable bonds is 5. The third kappa shape index (κ3) is 3.28. The van der Waals surface area contributed by atoms with Gasteiger partial charge >= 0.3 is 5.97 Å². The van der Waals surface area contributed by atoms with Crippen molar-refractivity contribution < 1.29 is 14.1 Å². The zero-order valence-corrected chi connectivity index (χ0v) is 11.7. The van der Waals surface area contributed by atoms with E-state index in [2.05, 4.69) is 20.4 Å². The molecule has 0 saturated carbocycles.